The Morgan fingerprint density at radius 1 is 1.25 bits per heavy atom. The van der Waals surface area contributed by atoms with Crippen molar-refractivity contribution in [3.05, 3.63) is 47.3 Å². The molecule has 1 aromatic heterocycles. The van der Waals surface area contributed by atoms with E-state index in [2.05, 4.69) is 52.3 Å². The molecule has 0 aliphatic heterocycles. The van der Waals surface area contributed by atoms with Gasteiger partial charge in [-0.3, -0.25) is 0 Å². The molecule has 0 atom stereocenters. The Kier molecular flexibility index (Phi) is 5.18. The molecular weight excluding hydrogens is 250 g/mol. The molecule has 0 amide bonds. The van der Waals surface area contributed by atoms with Crippen LogP contribution in [0, 0.1) is 6.92 Å². The maximum Gasteiger partial charge on any atom is 0.203 e. The average Bonchev–Trinajstić information content (AvgIpc) is 2.80. The molecule has 0 fully saturated rings. The van der Waals surface area contributed by atoms with Gasteiger partial charge in [0.2, 0.25) is 5.95 Å². The van der Waals surface area contributed by atoms with Gasteiger partial charge in [-0.15, -0.1) is 0 Å². The molecule has 4 nitrogen and oxygen atoms in total. The summed E-state index contributed by atoms with van der Waals surface area (Å²) in [5.74, 6) is 0.908. The topological polar surface area (TPSA) is 39.1 Å². The monoisotopic (exact) mass is 273 g/mol. The summed E-state index contributed by atoms with van der Waals surface area (Å²) in [5, 5.41) is 3.32. The van der Waals surface area contributed by atoms with Crippen LogP contribution in [-0.2, 0) is 17.7 Å². The zero-order valence-electron chi connectivity index (χ0n) is 12.5. The van der Waals surface area contributed by atoms with E-state index in [1.165, 1.54) is 11.1 Å². The lowest BCUT2D eigenvalue weighted by molar-refractivity contribution is 0.210. The molecule has 1 aromatic carbocycles. The summed E-state index contributed by atoms with van der Waals surface area (Å²) in [6.45, 7) is 6.50. The van der Waals surface area contributed by atoms with Crippen LogP contribution in [0.15, 0.2) is 30.5 Å². The standard InChI is InChI=1S/C16H23N3O/c1-4-14-7-5-6-8-15(14)12-19-11-13(2)18-16(19)17-9-10-20-3/h5-8,11H,4,9-10,12H2,1-3H3,(H,17,18). The number of benzene rings is 1. The molecule has 0 spiro atoms. The van der Waals surface area contributed by atoms with E-state index in [9.17, 15) is 0 Å². The van der Waals surface area contributed by atoms with E-state index >= 15 is 0 Å². The highest BCUT2D eigenvalue weighted by Gasteiger charge is 2.07. The van der Waals surface area contributed by atoms with Crippen LogP contribution in [0.1, 0.15) is 23.7 Å². The van der Waals surface area contributed by atoms with Crippen LogP contribution >= 0.6 is 0 Å². The van der Waals surface area contributed by atoms with Crippen molar-refractivity contribution < 1.29 is 4.74 Å². The van der Waals surface area contributed by atoms with Crippen molar-refractivity contribution in [3.8, 4) is 0 Å². The molecule has 0 aliphatic carbocycles. The smallest absolute Gasteiger partial charge is 0.203 e. The number of ether oxygens (including phenoxy) is 1. The minimum atomic E-state index is 0.678. The first-order valence-corrected chi connectivity index (χ1v) is 7.08. The first-order valence-electron chi connectivity index (χ1n) is 7.08. The normalized spacial score (nSPS) is 10.8. The number of methoxy groups -OCH3 is 1. The van der Waals surface area contributed by atoms with E-state index in [-0.39, 0.29) is 0 Å². The van der Waals surface area contributed by atoms with Gasteiger partial charge in [-0.05, 0) is 24.5 Å². The lowest BCUT2D eigenvalue weighted by atomic mass is 10.1. The second-order valence-electron chi connectivity index (χ2n) is 4.88. The Morgan fingerprint density at radius 3 is 2.70 bits per heavy atom. The van der Waals surface area contributed by atoms with Crippen molar-refractivity contribution in [1.82, 2.24) is 9.55 Å². The van der Waals surface area contributed by atoms with Crippen molar-refractivity contribution in [1.29, 1.82) is 0 Å². The number of anilines is 1. The Hall–Kier alpha value is -1.81. The minimum Gasteiger partial charge on any atom is -0.383 e. The molecule has 0 saturated carbocycles. The number of imidazole rings is 1. The highest BCUT2D eigenvalue weighted by Crippen LogP contribution is 2.15. The molecule has 4 heteroatoms. The predicted octanol–water partition coefficient (Wildman–Crippen LogP) is 2.86. The number of nitrogens with zero attached hydrogens (tertiary/aromatic N) is 2. The average molecular weight is 273 g/mol. The van der Waals surface area contributed by atoms with Crippen molar-refractivity contribution in [2.75, 3.05) is 25.6 Å². The molecule has 0 aliphatic rings. The van der Waals surface area contributed by atoms with Gasteiger partial charge in [-0.1, -0.05) is 31.2 Å². The highest BCUT2D eigenvalue weighted by molar-refractivity contribution is 5.33. The van der Waals surface area contributed by atoms with Gasteiger partial charge in [0, 0.05) is 19.9 Å². The molecule has 0 unspecified atom stereocenters. The third-order valence-electron chi connectivity index (χ3n) is 3.33. The maximum atomic E-state index is 5.07. The molecule has 0 bridgehead atoms. The summed E-state index contributed by atoms with van der Waals surface area (Å²) in [6.07, 6.45) is 3.14. The van der Waals surface area contributed by atoms with Crippen molar-refractivity contribution in [2.45, 2.75) is 26.8 Å². The van der Waals surface area contributed by atoms with Crippen LogP contribution in [0.2, 0.25) is 0 Å². The van der Waals surface area contributed by atoms with E-state index in [1.54, 1.807) is 7.11 Å². The van der Waals surface area contributed by atoms with E-state index in [1.807, 2.05) is 6.92 Å². The molecular formula is C16H23N3O. The number of nitrogens with one attached hydrogen (secondary N) is 1. The molecule has 0 radical (unpaired) electrons. The number of hydrogen-bond donors (Lipinski definition) is 1. The van der Waals surface area contributed by atoms with Crippen LogP contribution in [0.4, 0.5) is 5.95 Å². The van der Waals surface area contributed by atoms with Crippen molar-refractivity contribution in [3.63, 3.8) is 0 Å². The maximum absolute atomic E-state index is 5.07. The number of aromatic nitrogens is 2. The first kappa shape index (κ1) is 14.6. The van der Waals surface area contributed by atoms with Gasteiger partial charge < -0.3 is 14.6 Å². The summed E-state index contributed by atoms with van der Waals surface area (Å²) in [4.78, 5) is 4.53. The van der Waals surface area contributed by atoms with Gasteiger partial charge in [-0.2, -0.15) is 0 Å². The molecule has 1 N–H and O–H groups in total. The molecule has 2 rings (SSSR count). The van der Waals surface area contributed by atoms with Gasteiger partial charge in [-0.25, -0.2) is 4.98 Å². The van der Waals surface area contributed by atoms with E-state index in [4.69, 9.17) is 4.74 Å². The van der Waals surface area contributed by atoms with E-state index in [0.717, 1.165) is 31.2 Å². The fourth-order valence-electron chi connectivity index (χ4n) is 2.31. The quantitative estimate of drug-likeness (QED) is 0.788. The number of aryl methyl sites for hydroxylation is 2. The third kappa shape index (κ3) is 3.61. The van der Waals surface area contributed by atoms with Crippen molar-refractivity contribution >= 4 is 5.95 Å². The van der Waals surface area contributed by atoms with Crippen molar-refractivity contribution in [2.24, 2.45) is 0 Å². The fourth-order valence-corrected chi connectivity index (χ4v) is 2.31. The first-order chi connectivity index (χ1) is 9.74. The van der Waals surface area contributed by atoms with Crippen LogP contribution in [0.5, 0.6) is 0 Å². The predicted molar refractivity (Wildman–Crippen MR) is 82.3 cm³/mol. The van der Waals surface area contributed by atoms with Gasteiger partial charge in [0.25, 0.3) is 0 Å². The zero-order chi connectivity index (χ0) is 14.4. The molecule has 2 aromatic rings. The Morgan fingerprint density at radius 2 is 2.00 bits per heavy atom. The number of hydrogen-bond acceptors (Lipinski definition) is 3. The Bertz CT molecular complexity index is 548. The van der Waals surface area contributed by atoms with Gasteiger partial charge >= 0.3 is 0 Å². The Labute approximate surface area is 120 Å². The molecule has 1 heterocycles. The minimum absolute atomic E-state index is 0.678. The SMILES string of the molecule is CCc1ccccc1Cn1cc(C)nc1NCCOC. The summed E-state index contributed by atoms with van der Waals surface area (Å²) in [5.41, 5.74) is 3.77. The lowest BCUT2D eigenvalue weighted by Crippen LogP contribution is -2.13. The van der Waals surface area contributed by atoms with Crippen LogP contribution < -0.4 is 5.32 Å². The summed E-state index contributed by atoms with van der Waals surface area (Å²) >= 11 is 0. The fraction of sp³-hybridized carbons (Fsp3) is 0.438. The number of rotatable bonds is 7. The van der Waals surface area contributed by atoms with Gasteiger partial charge in [0.15, 0.2) is 0 Å². The lowest BCUT2D eigenvalue weighted by Gasteiger charge is -2.12. The van der Waals surface area contributed by atoms with Gasteiger partial charge in [0.05, 0.1) is 18.8 Å². The summed E-state index contributed by atoms with van der Waals surface area (Å²) < 4.78 is 7.23. The van der Waals surface area contributed by atoms with E-state index in [0.29, 0.717) is 6.61 Å². The third-order valence-corrected chi connectivity index (χ3v) is 3.33. The van der Waals surface area contributed by atoms with Crippen LogP contribution in [0.3, 0.4) is 0 Å². The highest BCUT2D eigenvalue weighted by atomic mass is 16.5. The largest absolute Gasteiger partial charge is 0.383 e. The molecule has 0 saturated heterocycles. The second kappa shape index (κ2) is 7.10. The van der Waals surface area contributed by atoms with Crippen LogP contribution in [0.25, 0.3) is 0 Å². The molecule has 108 valence electrons. The summed E-state index contributed by atoms with van der Waals surface area (Å²) in [7, 11) is 1.71. The summed E-state index contributed by atoms with van der Waals surface area (Å²) in [6, 6.07) is 8.57. The zero-order valence-corrected chi connectivity index (χ0v) is 12.5. The van der Waals surface area contributed by atoms with E-state index < -0.39 is 0 Å². The Balaban J connectivity index is 2.15. The van der Waals surface area contributed by atoms with Crippen LogP contribution in [-0.4, -0.2) is 29.8 Å². The molecule has 20 heavy (non-hydrogen) atoms. The second-order valence-corrected chi connectivity index (χ2v) is 4.88. The van der Waals surface area contributed by atoms with Gasteiger partial charge in [0.1, 0.15) is 0 Å².